The Labute approximate surface area is 101 Å². The van der Waals surface area contributed by atoms with Crippen LogP contribution >= 0.6 is 0 Å². The SMILES string of the molecule is O=N[O-].O=N[O-].O=N[O-].O=N[O-].[Th+4]. The van der Waals surface area contributed by atoms with Gasteiger partial charge in [-0.2, -0.15) is 0 Å². The van der Waals surface area contributed by atoms with Crippen molar-refractivity contribution < 1.29 is 39.9 Å². The number of hydrogen-bond donors (Lipinski definition) is 0. The molecule has 12 nitrogen and oxygen atoms in total. The van der Waals surface area contributed by atoms with Crippen molar-refractivity contribution in [3.05, 3.63) is 40.5 Å². The molecule has 0 saturated carbocycles. The zero-order valence-corrected chi connectivity index (χ0v) is 9.66. The summed E-state index contributed by atoms with van der Waals surface area (Å²) in [7, 11) is 0. The van der Waals surface area contributed by atoms with Crippen LogP contribution < -0.4 is 0 Å². The Hall–Kier alpha value is -1.08. The monoisotopic (exact) mass is 416 g/mol. The minimum Gasteiger partial charge on any atom is -0.444 e. The van der Waals surface area contributed by atoms with Gasteiger partial charge in [0.05, 0.1) is 0 Å². The topological polar surface area (TPSA) is 210 Å². The Bertz CT molecular complexity index is 70.1. The van der Waals surface area contributed by atoms with E-state index in [0.29, 0.717) is 0 Å². The van der Waals surface area contributed by atoms with Gasteiger partial charge in [0.1, 0.15) is 0 Å². The van der Waals surface area contributed by atoms with Gasteiger partial charge in [-0.25, -0.2) is 0 Å². The molecular weight excluding hydrogens is 416 g/mol. The normalized spacial score (nSPS) is 3.69. The Morgan fingerprint density at radius 1 is 0.538 bits per heavy atom. The van der Waals surface area contributed by atoms with Crippen molar-refractivity contribution in [3.63, 3.8) is 0 Å². The summed E-state index contributed by atoms with van der Waals surface area (Å²) in [5.41, 5.74) is 0. The fraction of sp³-hybridized carbons (Fsp3) is 0. The van der Waals surface area contributed by atoms with Crippen LogP contribution in [0.4, 0.5) is 0 Å². The molecule has 0 spiro atoms. The minimum absolute atomic E-state index is 0. The molecule has 0 aromatic carbocycles. The molecule has 0 aliphatic carbocycles. The summed E-state index contributed by atoms with van der Waals surface area (Å²) in [6, 6.07) is 0. The smallest absolute Gasteiger partial charge is 0.444 e. The van der Waals surface area contributed by atoms with Gasteiger partial charge < -0.3 is 40.5 Å². The van der Waals surface area contributed by atoms with Gasteiger partial charge in [0.15, 0.2) is 0 Å². The second-order valence-electron chi connectivity index (χ2n) is 0.298. The molecule has 0 radical (unpaired) electrons. The maximum atomic E-state index is 8.00. The van der Waals surface area contributed by atoms with Crippen molar-refractivity contribution in [2.45, 2.75) is 0 Å². The molecule has 13 heteroatoms. The van der Waals surface area contributed by atoms with Crippen LogP contribution in [0.3, 0.4) is 0 Å². The molecule has 0 atom stereocenters. The van der Waals surface area contributed by atoms with Gasteiger partial charge in [-0.05, 0) is 0 Å². The van der Waals surface area contributed by atoms with Crippen molar-refractivity contribution >= 4 is 0 Å². The standard InChI is InChI=1S/4HNO2.Th/c4*2-1-3;/h4*(H,2,3);/q;;;;+4/p-4. The van der Waals surface area contributed by atoms with Crippen molar-refractivity contribution in [2.75, 3.05) is 0 Å². The maximum absolute atomic E-state index is 8.00. The van der Waals surface area contributed by atoms with Crippen LogP contribution in [-0.4, -0.2) is 0 Å². The van der Waals surface area contributed by atoms with Gasteiger partial charge in [-0.15, -0.1) is 21.4 Å². The van der Waals surface area contributed by atoms with Crippen LogP contribution in [0.5, 0.6) is 0 Å². The molecule has 0 amide bonds. The molecular formula is N4O8Th. The fourth-order valence-electron chi connectivity index (χ4n) is 0. The molecule has 0 rings (SSSR count). The first-order valence-corrected chi connectivity index (χ1v) is 1.46. The van der Waals surface area contributed by atoms with Crippen molar-refractivity contribution in [3.8, 4) is 0 Å². The zero-order valence-electron chi connectivity index (χ0n) is 5.55. The third-order valence-electron chi connectivity index (χ3n) is 0. The first-order chi connectivity index (χ1) is 5.66. The quantitative estimate of drug-likeness (QED) is 0.409. The van der Waals surface area contributed by atoms with E-state index in [1.54, 1.807) is 0 Å². The molecule has 0 unspecified atom stereocenters. The average molecular weight is 416 g/mol. The average Bonchev–Trinajstić information content (AvgIpc) is 1.92. The van der Waals surface area contributed by atoms with Crippen molar-refractivity contribution in [1.82, 2.24) is 0 Å². The summed E-state index contributed by atoms with van der Waals surface area (Å²) < 4.78 is 0. The van der Waals surface area contributed by atoms with Crippen molar-refractivity contribution in [1.29, 1.82) is 0 Å². The van der Waals surface area contributed by atoms with Crippen LogP contribution in [0.1, 0.15) is 0 Å². The molecule has 0 saturated heterocycles. The van der Waals surface area contributed by atoms with E-state index in [2.05, 4.69) is 0 Å². The van der Waals surface area contributed by atoms with Crippen LogP contribution in [-0.2, 0) is 0 Å². The van der Waals surface area contributed by atoms with Gasteiger partial charge in [-0.1, -0.05) is 0 Å². The molecule has 0 fully saturated rings. The maximum Gasteiger partial charge on any atom is 4.00 e. The summed E-state index contributed by atoms with van der Waals surface area (Å²) in [4.78, 5) is 32.0. The zero-order chi connectivity index (χ0) is 10.8. The van der Waals surface area contributed by atoms with Gasteiger partial charge in [0.2, 0.25) is 0 Å². The number of rotatable bonds is 0. The Morgan fingerprint density at radius 3 is 0.538 bits per heavy atom. The van der Waals surface area contributed by atoms with Crippen LogP contribution in [0.2, 0.25) is 0 Å². The molecule has 72 valence electrons. The summed E-state index contributed by atoms with van der Waals surface area (Å²) in [5.74, 6) is 0. The van der Waals surface area contributed by atoms with E-state index in [1.165, 1.54) is 0 Å². The van der Waals surface area contributed by atoms with E-state index in [4.69, 9.17) is 40.5 Å². The molecule has 0 N–H and O–H groups in total. The van der Waals surface area contributed by atoms with E-state index < -0.39 is 0 Å². The predicted molar refractivity (Wildman–Crippen MR) is 36.6 cm³/mol. The molecule has 13 heavy (non-hydrogen) atoms. The molecule has 0 aromatic rings. The van der Waals surface area contributed by atoms with E-state index in [-0.39, 0.29) is 39.9 Å². The van der Waals surface area contributed by atoms with Crippen LogP contribution in [0.15, 0.2) is 21.4 Å². The third-order valence-corrected chi connectivity index (χ3v) is 0. The fourth-order valence-corrected chi connectivity index (χ4v) is 0. The van der Waals surface area contributed by atoms with E-state index in [0.717, 1.165) is 21.4 Å². The second-order valence-corrected chi connectivity index (χ2v) is 0.298. The largest absolute Gasteiger partial charge is 4.00 e. The van der Waals surface area contributed by atoms with Crippen LogP contribution in [0, 0.1) is 80.4 Å². The molecule has 0 aliphatic rings. The van der Waals surface area contributed by atoms with E-state index in [1.807, 2.05) is 0 Å². The van der Waals surface area contributed by atoms with Crippen molar-refractivity contribution in [2.24, 2.45) is 21.4 Å². The number of hydrogen-bond acceptors (Lipinski definition) is 12. The van der Waals surface area contributed by atoms with E-state index >= 15 is 0 Å². The number of nitrogens with zero attached hydrogens (tertiary/aromatic N) is 4. The first kappa shape index (κ1) is 29.7. The Balaban J connectivity index is -0.0000000213. The molecule has 0 heterocycles. The summed E-state index contributed by atoms with van der Waals surface area (Å²) in [5, 5.41) is 36.0. The van der Waals surface area contributed by atoms with Gasteiger partial charge in [0, 0.05) is 0 Å². The van der Waals surface area contributed by atoms with Gasteiger partial charge in [0.25, 0.3) is 0 Å². The summed E-state index contributed by atoms with van der Waals surface area (Å²) in [6.07, 6.45) is 0. The van der Waals surface area contributed by atoms with E-state index in [9.17, 15) is 0 Å². The molecule has 0 aromatic heterocycles. The molecule has 0 bridgehead atoms. The summed E-state index contributed by atoms with van der Waals surface area (Å²) in [6.45, 7) is 0. The van der Waals surface area contributed by atoms with Gasteiger partial charge >= 0.3 is 39.9 Å². The Morgan fingerprint density at radius 2 is 0.538 bits per heavy atom. The predicted octanol–water partition coefficient (Wildman–Crippen LogP) is 1.00. The molecule has 0 aliphatic heterocycles. The summed E-state index contributed by atoms with van der Waals surface area (Å²) >= 11 is 0. The Kier molecular flexibility index (Phi) is 287. The van der Waals surface area contributed by atoms with Crippen LogP contribution in [0.25, 0.3) is 0 Å². The third kappa shape index (κ3) is 753. The second kappa shape index (κ2) is 126. The van der Waals surface area contributed by atoms with Gasteiger partial charge in [-0.3, -0.25) is 0 Å². The first-order valence-electron chi connectivity index (χ1n) is 1.46. The minimum atomic E-state index is 0.